The summed E-state index contributed by atoms with van der Waals surface area (Å²) in [6, 6.07) is 18.0. The van der Waals surface area contributed by atoms with Crippen LogP contribution in [-0.2, 0) is 22.6 Å². The lowest BCUT2D eigenvalue weighted by molar-refractivity contribution is -0.134. The maximum atomic E-state index is 12.7. The lowest BCUT2D eigenvalue weighted by Gasteiger charge is -2.31. The summed E-state index contributed by atoms with van der Waals surface area (Å²) in [5, 5.41) is 3.04. The van der Waals surface area contributed by atoms with E-state index in [1.54, 1.807) is 6.20 Å². The molecule has 3 aromatic rings. The number of hydrogen-bond donors (Lipinski definition) is 1. The fraction of sp³-hybridized carbons (Fsp3) is 0.346. The molecule has 32 heavy (non-hydrogen) atoms. The first-order chi connectivity index (χ1) is 15.6. The lowest BCUT2D eigenvalue weighted by Crippen LogP contribution is -2.41. The molecular weight excluding hydrogens is 400 g/mol. The number of amides is 2. The Morgan fingerprint density at radius 3 is 2.38 bits per heavy atom. The summed E-state index contributed by atoms with van der Waals surface area (Å²) in [7, 11) is 0. The number of piperidine rings is 1. The summed E-state index contributed by atoms with van der Waals surface area (Å²) in [6.45, 7) is 4.04. The minimum Gasteiger partial charge on any atom is -0.343 e. The molecule has 0 unspecified atom stereocenters. The molecule has 0 bridgehead atoms. The molecule has 1 aliphatic rings. The van der Waals surface area contributed by atoms with Crippen molar-refractivity contribution in [3.8, 4) is 0 Å². The molecule has 2 amide bonds. The molecule has 0 atom stereocenters. The smallest absolute Gasteiger partial charge is 0.227 e. The average molecular weight is 431 g/mol. The molecule has 2 aromatic carbocycles. The number of aryl methyl sites for hydroxylation is 2. The van der Waals surface area contributed by atoms with E-state index in [2.05, 4.69) is 27.0 Å². The maximum absolute atomic E-state index is 12.7. The number of hydrogen-bond acceptors (Lipinski definition) is 3. The topological polar surface area (TPSA) is 67.2 Å². The summed E-state index contributed by atoms with van der Waals surface area (Å²) in [4.78, 5) is 31.4. The van der Waals surface area contributed by atoms with Crippen molar-refractivity contribution in [1.82, 2.24) is 14.5 Å². The first-order valence-electron chi connectivity index (χ1n) is 11.3. The van der Waals surface area contributed by atoms with Crippen LogP contribution in [0.1, 0.15) is 36.2 Å². The predicted octanol–water partition coefficient (Wildman–Crippen LogP) is 4.05. The molecule has 0 saturated carbocycles. The van der Waals surface area contributed by atoms with Gasteiger partial charge in [-0.1, -0.05) is 42.5 Å². The Balaban J connectivity index is 1.22. The van der Waals surface area contributed by atoms with Gasteiger partial charge in [0.05, 0.1) is 0 Å². The van der Waals surface area contributed by atoms with E-state index in [4.69, 9.17) is 0 Å². The number of nitrogens with one attached hydrogen (secondary N) is 1. The van der Waals surface area contributed by atoms with Gasteiger partial charge in [-0.05, 0) is 49.4 Å². The molecule has 1 aliphatic heterocycles. The first-order valence-corrected chi connectivity index (χ1v) is 11.3. The summed E-state index contributed by atoms with van der Waals surface area (Å²) in [5.41, 5.74) is 3.15. The van der Waals surface area contributed by atoms with Gasteiger partial charge in [0.2, 0.25) is 11.8 Å². The van der Waals surface area contributed by atoms with E-state index < -0.39 is 0 Å². The Kier molecular flexibility index (Phi) is 7.00. The third-order valence-corrected chi connectivity index (χ3v) is 6.19. The van der Waals surface area contributed by atoms with E-state index in [1.165, 1.54) is 5.56 Å². The summed E-state index contributed by atoms with van der Waals surface area (Å²) >= 11 is 0. The number of anilines is 1. The number of carbonyl (C=O) groups is 2. The molecule has 1 aromatic heterocycles. The zero-order chi connectivity index (χ0) is 22.3. The zero-order valence-corrected chi connectivity index (χ0v) is 18.5. The van der Waals surface area contributed by atoms with E-state index in [0.717, 1.165) is 30.0 Å². The largest absolute Gasteiger partial charge is 0.343 e. The highest BCUT2D eigenvalue weighted by molar-refractivity contribution is 5.92. The minimum absolute atomic E-state index is 0.0413. The Bertz CT molecular complexity index is 1040. The fourth-order valence-electron chi connectivity index (χ4n) is 4.15. The van der Waals surface area contributed by atoms with E-state index in [-0.39, 0.29) is 17.7 Å². The first kappa shape index (κ1) is 21.8. The molecule has 6 heteroatoms. The molecule has 1 fully saturated rings. The van der Waals surface area contributed by atoms with Crippen molar-refractivity contribution in [3.63, 3.8) is 0 Å². The van der Waals surface area contributed by atoms with Crippen LogP contribution in [0.2, 0.25) is 0 Å². The van der Waals surface area contributed by atoms with Gasteiger partial charge in [0.1, 0.15) is 5.82 Å². The Hall–Kier alpha value is -3.41. The maximum Gasteiger partial charge on any atom is 0.227 e. The van der Waals surface area contributed by atoms with Gasteiger partial charge < -0.3 is 14.8 Å². The quantitative estimate of drug-likeness (QED) is 0.615. The van der Waals surface area contributed by atoms with Crippen LogP contribution in [0.4, 0.5) is 5.69 Å². The van der Waals surface area contributed by atoms with Gasteiger partial charge in [-0.2, -0.15) is 0 Å². The normalized spacial score (nSPS) is 14.3. The third-order valence-electron chi connectivity index (χ3n) is 6.19. The molecule has 0 aliphatic carbocycles. The van der Waals surface area contributed by atoms with Crippen molar-refractivity contribution in [1.29, 1.82) is 0 Å². The number of nitrogens with zero attached hydrogens (tertiary/aromatic N) is 3. The van der Waals surface area contributed by atoms with Crippen molar-refractivity contribution in [2.24, 2.45) is 5.92 Å². The fourth-order valence-corrected chi connectivity index (χ4v) is 4.15. The summed E-state index contributed by atoms with van der Waals surface area (Å²) in [5.74, 6) is 1.14. The SMILES string of the molecule is Cc1nccn1Cc1ccc(NC(=O)C2CCN(C(=O)CCc3ccccc3)CC2)cc1. The van der Waals surface area contributed by atoms with Crippen LogP contribution in [0.5, 0.6) is 0 Å². The van der Waals surface area contributed by atoms with Gasteiger partial charge in [0.25, 0.3) is 0 Å². The van der Waals surface area contributed by atoms with Crippen molar-refractivity contribution in [3.05, 3.63) is 83.9 Å². The Morgan fingerprint density at radius 2 is 1.72 bits per heavy atom. The van der Waals surface area contributed by atoms with Crippen molar-refractivity contribution < 1.29 is 9.59 Å². The molecule has 6 nitrogen and oxygen atoms in total. The van der Waals surface area contributed by atoms with Crippen LogP contribution >= 0.6 is 0 Å². The molecule has 1 saturated heterocycles. The summed E-state index contributed by atoms with van der Waals surface area (Å²) in [6.07, 6.45) is 6.46. The second-order valence-corrected chi connectivity index (χ2v) is 8.43. The van der Waals surface area contributed by atoms with Crippen molar-refractivity contribution in [2.45, 2.75) is 39.2 Å². The Labute approximate surface area is 189 Å². The van der Waals surface area contributed by atoms with Crippen LogP contribution in [0.15, 0.2) is 67.0 Å². The van der Waals surface area contributed by atoms with E-state index in [0.29, 0.717) is 32.4 Å². The number of imidazole rings is 1. The van der Waals surface area contributed by atoms with Crippen molar-refractivity contribution >= 4 is 17.5 Å². The molecule has 2 heterocycles. The molecule has 4 rings (SSSR count). The van der Waals surface area contributed by atoms with Gasteiger partial charge in [-0.3, -0.25) is 9.59 Å². The highest BCUT2D eigenvalue weighted by Gasteiger charge is 2.27. The van der Waals surface area contributed by atoms with Crippen molar-refractivity contribution in [2.75, 3.05) is 18.4 Å². The van der Waals surface area contributed by atoms with Gasteiger partial charge in [-0.25, -0.2) is 4.98 Å². The molecule has 1 N–H and O–H groups in total. The standard InChI is InChI=1S/C26H30N4O2/c1-20-27-15-18-30(20)19-22-7-10-24(11-8-22)28-26(32)23-13-16-29(17-14-23)25(31)12-9-21-5-3-2-4-6-21/h2-8,10-11,15,18,23H,9,12-14,16-17,19H2,1H3,(H,28,32). The number of benzene rings is 2. The van der Waals surface area contributed by atoms with Gasteiger partial charge in [0.15, 0.2) is 0 Å². The molecular formula is C26H30N4O2. The van der Waals surface area contributed by atoms with Gasteiger partial charge in [0, 0.05) is 50.1 Å². The third kappa shape index (κ3) is 5.63. The zero-order valence-electron chi connectivity index (χ0n) is 18.5. The predicted molar refractivity (Wildman–Crippen MR) is 125 cm³/mol. The van der Waals surface area contributed by atoms with Crippen LogP contribution in [0.3, 0.4) is 0 Å². The Morgan fingerprint density at radius 1 is 1.00 bits per heavy atom. The molecule has 0 spiro atoms. The van der Waals surface area contributed by atoms with Gasteiger partial charge in [-0.15, -0.1) is 0 Å². The molecule has 0 radical (unpaired) electrons. The minimum atomic E-state index is -0.0542. The highest BCUT2D eigenvalue weighted by Crippen LogP contribution is 2.21. The number of carbonyl (C=O) groups excluding carboxylic acids is 2. The number of likely N-dealkylation sites (tertiary alicyclic amines) is 1. The number of rotatable bonds is 7. The number of aromatic nitrogens is 2. The van der Waals surface area contributed by atoms with E-state index in [9.17, 15) is 9.59 Å². The summed E-state index contributed by atoms with van der Waals surface area (Å²) < 4.78 is 2.09. The highest BCUT2D eigenvalue weighted by atomic mass is 16.2. The van der Waals surface area contributed by atoms with Crippen LogP contribution in [-0.4, -0.2) is 39.4 Å². The second kappa shape index (κ2) is 10.3. The van der Waals surface area contributed by atoms with E-state index in [1.807, 2.05) is 60.5 Å². The molecule has 166 valence electrons. The van der Waals surface area contributed by atoms with Gasteiger partial charge >= 0.3 is 0 Å². The van der Waals surface area contributed by atoms with Crippen LogP contribution < -0.4 is 5.32 Å². The van der Waals surface area contributed by atoms with Crippen LogP contribution in [0, 0.1) is 12.8 Å². The monoisotopic (exact) mass is 430 g/mol. The lowest BCUT2D eigenvalue weighted by atomic mass is 9.95. The second-order valence-electron chi connectivity index (χ2n) is 8.43. The average Bonchev–Trinajstić information content (AvgIpc) is 3.23. The van der Waals surface area contributed by atoms with E-state index >= 15 is 0 Å². The van der Waals surface area contributed by atoms with Crippen LogP contribution in [0.25, 0.3) is 0 Å².